The van der Waals surface area contributed by atoms with E-state index in [1.54, 1.807) is 11.8 Å². The minimum absolute atomic E-state index is 1.15. The molecule has 0 unspecified atom stereocenters. The number of thioether (sulfide) groups is 1. The van der Waals surface area contributed by atoms with Gasteiger partial charge in [-0.05, 0) is 12.7 Å². The topological polar surface area (TPSA) is 0 Å². The van der Waals surface area contributed by atoms with Gasteiger partial charge in [0.05, 0.1) is 0 Å². The van der Waals surface area contributed by atoms with Crippen LogP contribution in [-0.2, 0) is 0 Å². The van der Waals surface area contributed by atoms with Crippen molar-refractivity contribution in [3.63, 3.8) is 0 Å². The highest BCUT2D eigenvalue weighted by atomic mass is 32.2. The minimum Gasteiger partial charge on any atom is -0.153 e. The molecule has 0 aliphatic rings. The summed E-state index contributed by atoms with van der Waals surface area (Å²) in [4.78, 5) is 0. The van der Waals surface area contributed by atoms with E-state index in [1.165, 1.54) is 0 Å². The Bertz CT molecular complexity index is 11.1. The molecule has 0 aliphatic heterocycles. The average Bonchev–Trinajstić information content (AvgIpc) is 1.41. The zero-order valence-electron chi connectivity index (χ0n) is 3.62. The Morgan fingerprint density at radius 3 is 2.40 bits per heavy atom. The first kappa shape index (κ1) is 5.35. The van der Waals surface area contributed by atoms with Crippen molar-refractivity contribution in [1.29, 1.82) is 0 Å². The van der Waals surface area contributed by atoms with E-state index in [0.29, 0.717) is 0 Å². The van der Waals surface area contributed by atoms with Crippen molar-refractivity contribution in [2.24, 2.45) is 0 Å². The van der Waals surface area contributed by atoms with Crippen LogP contribution in [0.4, 0.5) is 0 Å². The van der Waals surface area contributed by atoms with Crippen molar-refractivity contribution in [3.8, 4) is 0 Å². The van der Waals surface area contributed by atoms with Crippen LogP contribution in [0.2, 0.25) is 0 Å². The van der Waals surface area contributed by atoms with Crippen LogP contribution in [0.25, 0.3) is 0 Å². The first-order valence-electron chi connectivity index (χ1n) is 1.70. The van der Waals surface area contributed by atoms with Crippen LogP contribution < -0.4 is 0 Å². The Morgan fingerprint density at radius 1 is 1.80 bits per heavy atom. The monoisotopic (exact) mass is 88.0 g/mol. The molecule has 0 spiro atoms. The summed E-state index contributed by atoms with van der Waals surface area (Å²) < 4.78 is 0. The van der Waals surface area contributed by atoms with Gasteiger partial charge in [0.15, 0.2) is 0 Å². The number of rotatable bonds is 2. The molecule has 5 heavy (non-hydrogen) atoms. The summed E-state index contributed by atoms with van der Waals surface area (Å²) in [6, 6.07) is 0. The molecule has 0 aromatic rings. The van der Waals surface area contributed by atoms with E-state index in [1.807, 2.05) is 6.92 Å². The van der Waals surface area contributed by atoms with Gasteiger partial charge in [-0.25, -0.2) is 0 Å². The van der Waals surface area contributed by atoms with Crippen LogP contribution in [0.15, 0.2) is 0 Å². The van der Waals surface area contributed by atoms with E-state index in [9.17, 15) is 0 Å². The molecule has 0 N–H and O–H groups in total. The summed E-state index contributed by atoms with van der Waals surface area (Å²) >= 11 is 1.71. The van der Waals surface area contributed by atoms with E-state index in [0.717, 1.165) is 5.75 Å². The molecule has 0 saturated heterocycles. The van der Waals surface area contributed by atoms with E-state index in [2.05, 4.69) is 12.7 Å². The second kappa shape index (κ2) is 4.35. The zero-order chi connectivity index (χ0) is 4.12. The lowest BCUT2D eigenvalue weighted by Gasteiger charge is -1.78. The smallest absolute Gasteiger partial charge is 0.0447 e. The molecule has 1 heteroatoms. The molecule has 2 radical (unpaired) electrons. The van der Waals surface area contributed by atoms with Gasteiger partial charge in [0.1, 0.15) is 0 Å². The van der Waals surface area contributed by atoms with Gasteiger partial charge in [-0.1, -0.05) is 6.92 Å². The van der Waals surface area contributed by atoms with Gasteiger partial charge in [-0.15, -0.1) is 0 Å². The fourth-order valence-electron chi connectivity index (χ4n) is 0.144. The highest BCUT2D eigenvalue weighted by Gasteiger charge is 1.69. The van der Waals surface area contributed by atoms with E-state index in [4.69, 9.17) is 0 Å². The third-order valence-corrected chi connectivity index (χ3v) is 0.866. The van der Waals surface area contributed by atoms with E-state index >= 15 is 0 Å². The fourth-order valence-corrected chi connectivity index (χ4v) is 0.433. The molecular formula is C4H8S. The maximum atomic E-state index is 2.93. The van der Waals surface area contributed by atoms with Crippen LogP contribution in [0.5, 0.6) is 0 Å². The standard InChI is InChI=1S/C4H8S/c1-3-5-4-2/h3H2,1-2H3. The second-order valence-corrected chi connectivity index (χ2v) is 1.91. The van der Waals surface area contributed by atoms with Crippen LogP contribution in [0, 0.1) is 5.75 Å². The van der Waals surface area contributed by atoms with E-state index < -0.39 is 0 Å². The predicted octanol–water partition coefficient (Wildman–Crippen LogP) is 1.80. The van der Waals surface area contributed by atoms with Gasteiger partial charge in [0.2, 0.25) is 0 Å². The number of hydrogen-bond acceptors (Lipinski definition) is 1. The normalized spacial score (nSPS) is 8.40. The lowest BCUT2D eigenvalue weighted by Crippen LogP contribution is -1.57. The first-order valence-corrected chi connectivity index (χ1v) is 2.69. The van der Waals surface area contributed by atoms with Gasteiger partial charge in [0.25, 0.3) is 0 Å². The van der Waals surface area contributed by atoms with Crippen molar-refractivity contribution in [2.75, 3.05) is 5.75 Å². The highest BCUT2D eigenvalue weighted by Crippen LogP contribution is 1.99. The first-order chi connectivity index (χ1) is 2.41. The van der Waals surface area contributed by atoms with Gasteiger partial charge in [-0.2, -0.15) is 11.8 Å². The molecule has 0 aromatic heterocycles. The molecule has 0 nitrogen and oxygen atoms in total. The van der Waals surface area contributed by atoms with Crippen LogP contribution in [0.1, 0.15) is 13.8 Å². The third kappa shape index (κ3) is 4.35. The van der Waals surface area contributed by atoms with Crippen molar-refractivity contribution < 1.29 is 0 Å². The molecule has 30 valence electrons. The molecule has 0 heterocycles. The number of hydrogen-bond donors (Lipinski definition) is 0. The molecule has 0 atom stereocenters. The average molecular weight is 88.2 g/mol. The van der Waals surface area contributed by atoms with Crippen molar-refractivity contribution in [1.82, 2.24) is 0 Å². The fraction of sp³-hybridized carbons (Fsp3) is 0.750. The minimum atomic E-state index is 1.15. The van der Waals surface area contributed by atoms with Crippen molar-refractivity contribution in [3.05, 3.63) is 5.75 Å². The zero-order valence-corrected chi connectivity index (χ0v) is 4.43. The molecule has 0 rings (SSSR count). The Morgan fingerprint density at radius 2 is 2.40 bits per heavy atom. The van der Waals surface area contributed by atoms with Crippen LogP contribution in [-0.4, -0.2) is 5.75 Å². The quantitative estimate of drug-likeness (QED) is 0.496. The van der Waals surface area contributed by atoms with Crippen LogP contribution >= 0.6 is 11.8 Å². The summed E-state index contributed by atoms with van der Waals surface area (Å²) in [7, 11) is 0. The Balaban J connectivity index is 2.19. The summed E-state index contributed by atoms with van der Waals surface area (Å²) in [6.45, 7) is 4.04. The third-order valence-electron chi connectivity index (χ3n) is 0.289. The van der Waals surface area contributed by atoms with Gasteiger partial charge < -0.3 is 0 Å². The van der Waals surface area contributed by atoms with Gasteiger partial charge in [0, 0.05) is 5.75 Å². The molecule has 0 fully saturated rings. The molecule has 0 aromatic carbocycles. The highest BCUT2D eigenvalue weighted by molar-refractivity contribution is 8.01. The maximum Gasteiger partial charge on any atom is 0.0447 e. The molecule has 0 bridgehead atoms. The molecule has 0 aliphatic carbocycles. The van der Waals surface area contributed by atoms with Crippen molar-refractivity contribution in [2.45, 2.75) is 13.8 Å². The second-order valence-electron chi connectivity index (χ2n) is 0.637. The van der Waals surface area contributed by atoms with Crippen LogP contribution in [0.3, 0.4) is 0 Å². The molecule has 0 saturated carbocycles. The Kier molecular flexibility index (Phi) is 4.65. The Hall–Kier alpha value is 0.350. The largest absolute Gasteiger partial charge is 0.153 e. The summed E-state index contributed by atoms with van der Waals surface area (Å²) in [5, 5.41) is 0. The van der Waals surface area contributed by atoms with Gasteiger partial charge in [-0.3, -0.25) is 0 Å². The van der Waals surface area contributed by atoms with E-state index in [-0.39, 0.29) is 0 Å². The van der Waals surface area contributed by atoms with Crippen molar-refractivity contribution >= 4 is 11.8 Å². The lowest BCUT2D eigenvalue weighted by atomic mass is 11.0. The Labute approximate surface area is 38.0 Å². The SMILES string of the molecule is C[C]SCC. The predicted molar refractivity (Wildman–Crippen MR) is 27.0 cm³/mol. The maximum absolute atomic E-state index is 2.93. The summed E-state index contributed by atoms with van der Waals surface area (Å²) in [6.07, 6.45) is 0. The summed E-state index contributed by atoms with van der Waals surface area (Å²) in [5.74, 6) is 4.08. The summed E-state index contributed by atoms with van der Waals surface area (Å²) in [5.41, 5.74) is 0. The lowest BCUT2D eigenvalue weighted by molar-refractivity contribution is 1.52. The molecule has 0 amide bonds. The van der Waals surface area contributed by atoms with Gasteiger partial charge >= 0.3 is 0 Å². The molecular weight excluding hydrogens is 80.1 g/mol.